The summed E-state index contributed by atoms with van der Waals surface area (Å²) in [6.45, 7) is 0. The molecule has 0 aromatic rings. The second-order valence-corrected chi connectivity index (χ2v) is 7.73. The maximum Gasteiger partial charge on any atom is 0.306 e. The minimum absolute atomic E-state index is 0.0406. The summed E-state index contributed by atoms with van der Waals surface area (Å²) >= 11 is 0. The number of aliphatic carboxylic acids is 1. The van der Waals surface area contributed by atoms with Gasteiger partial charge in [-0.1, -0.05) is 12.8 Å². The van der Waals surface area contributed by atoms with E-state index >= 15 is 0 Å². The molecule has 3 saturated carbocycles. The molecule has 1 aliphatic heterocycles. The predicted octanol–water partition coefficient (Wildman–Crippen LogP) is 1.95. The lowest BCUT2D eigenvalue weighted by molar-refractivity contribution is -0.143. The molecule has 1 saturated heterocycles. The summed E-state index contributed by atoms with van der Waals surface area (Å²) in [5.74, 6) is 0.350. The molecular weight excluding hydrogens is 282 g/mol. The van der Waals surface area contributed by atoms with E-state index in [9.17, 15) is 14.7 Å². The van der Waals surface area contributed by atoms with Crippen LogP contribution in [-0.4, -0.2) is 35.2 Å². The van der Waals surface area contributed by atoms with Crippen molar-refractivity contribution in [1.82, 2.24) is 5.32 Å². The van der Waals surface area contributed by atoms with Crippen LogP contribution in [0.15, 0.2) is 0 Å². The zero-order valence-electron chi connectivity index (χ0n) is 12.9. The third kappa shape index (κ3) is 2.43. The van der Waals surface area contributed by atoms with Gasteiger partial charge in [-0.05, 0) is 56.3 Å². The highest BCUT2D eigenvalue weighted by molar-refractivity contribution is 5.81. The number of carboxylic acid groups (broad SMARTS) is 1. The van der Waals surface area contributed by atoms with E-state index in [-0.39, 0.29) is 29.9 Å². The lowest BCUT2D eigenvalue weighted by Crippen LogP contribution is -2.45. The van der Waals surface area contributed by atoms with Crippen molar-refractivity contribution in [3.63, 3.8) is 0 Å². The first-order chi connectivity index (χ1) is 10.6. The molecule has 4 fully saturated rings. The van der Waals surface area contributed by atoms with Crippen molar-refractivity contribution in [2.75, 3.05) is 0 Å². The fraction of sp³-hybridized carbons (Fsp3) is 0.882. The highest BCUT2D eigenvalue weighted by Crippen LogP contribution is 2.48. The standard InChI is InChI=1S/C17H25NO4/c19-16(15-8-9-3-1-2-4-14(9)22-15)18-13-7-10-5-11(13)6-12(10)17(20)21/h9-15H,1-8H2,(H,18,19)(H,20,21)/t9-,10+,11+,12+,13+,14+,15?/m0/s1. The number of hydrogen-bond donors (Lipinski definition) is 2. The van der Waals surface area contributed by atoms with Gasteiger partial charge in [0.15, 0.2) is 0 Å². The topological polar surface area (TPSA) is 75.6 Å². The van der Waals surface area contributed by atoms with E-state index < -0.39 is 5.97 Å². The number of carboxylic acids is 1. The first-order valence-electron chi connectivity index (χ1n) is 8.80. The van der Waals surface area contributed by atoms with E-state index in [0.717, 1.165) is 32.1 Å². The van der Waals surface area contributed by atoms with Crippen molar-refractivity contribution in [2.45, 2.75) is 69.6 Å². The lowest BCUT2D eigenvalue weighted by Gasteiger charge is -2.27. The maximum atomic E-state index is 12.5. The number of fused-ring (bicyclic) bond motifs is 3. The van der Waals surface area contributed by atoms with Crippen molar-refractivity contribution in [3.05, 3.63) is 0 Å². The zero-order valence-corrected chi connectivity index (χ0v) is 12.9. The van der Waals surface area contributed by atoms with Gasteiger partial charge in [-0.15, -0.1) is 0 Å². The first kappa shape index (κ1) is 14.5. The Balaban J connectivity index is 1.32. The largest absolute Gasteiger partial charge is 0.481 e. The van der Waals surface area contributed by atoms with E-state index in [1.807, 2.05) is 0 Å². The Morgan fingerprint density at radius 2 is 1.77 bits per heavy atom. The van der Waals surface area contributed by atoms with Crippen molar-refractivity contribution in [3.8, 4) is 0 Å². The number of amides is 1. The molecule has 0 spiro atoms. The first-order valence-corrected chi connectivity index (χ1v) is 8.80. The Bertz CT molecular complexity index is 465. The summed E-state index contributed by atoms with van der Waals surface area (Å²) in [6, 6.07) is 0.166. The number of nitrogens with one attached hydrogen (secondary N) is 1. The number of hydrogen-bond acceptors (Lipinski definition) is 3. The van der Waals surface area contributed by atoms with E-state index in [4.69, 9.17) is 4.74 Å². The molecule has 2 N–H and O–H groups in total. The van der Waals surface area contributed by atoms with E-state index in [0.29, 0.717) is 17.9 Å². The van der Waals surface area contributed by atoms with Gasteiger partial charge in [0.25, 0.3) is 0 Å². The summed E-state index contributed by atoms with van der Waals surface area (Å²) in [7, 11) is 0. The molecule has 0 aromatic heterocycles. The number of carbonyl (C=O) groups is 2. The van der Waals surface area contributed by atoms with Crippen molar-refractivity contribution in [2.24, 2.45) is 23.7 Å². The predicted molar refractivity (Wildman–Crippen MR) is 79.1 cm³/mol. The van der Waals surface area contributed by atoms with Crippen LogP contribution >= 0.6 is 0 Å². The molecular formula is C17H25NO4. The van der Waals surface area contributed by atoms with Crippen molar-refractivity contribution in [1.29, 1.82) is 0 Å². The Hall–Kier alpha value is -1.10. The minimum atomic E-state index is -0.666. The Labute approximate surface area is 130 Å². The number of carbonyl (C=O) groups excluding carboxylic acids is 1. The molecule has 4 aliphatic rings. The number of rotatable bonds is 3. The molecule has 7 atom stereocenters. The molecule has 1 amide bonds. The Morgan fingerprint density at radius 1 is 0.955 bits per heavy atom. The zero-order chi connectivity index (χ0) is 15.3. The van der Waals surface area contributed by atoms with Gasteiger partial charge in [-0.2, -0.15) is 0 Å². The molecule has 4 rings (SSSR count). The molecule has 0 radical (unpaired) electrons. The molecule has 122 valence electrons. The quantitative estimate of drug-likeness (QED) is 0.835. The Morgan fingerprint density at radius 3 is 2.45 bits per heavy atom. The van der Waals surface area contributed by atoms with Gasteiger partial charge < -0.3 is 15.2 Å². The van der Waals surface area contributed by atoms with Crippen molar-refractivity contribution < 1.29 is 19.4 Å². The van der Waals surface area contributed by atoms with Crippen LogP contribution in [0.4, 0.5) is 0 Å². The summed E-state index contributed by atoms with van der Waals surface area (Å²) in [4.78, 5) is 23.7. The van der Waals surface area contributed by atoms with Crippen LogP contribution in [-0.2, 0) is 14.3 Å². The van der Waals surface area contributed by atoms with Gasteiger partial charge in [0.2, 0.25) is 5.91 Å². The monoisotopic (exact) mass is 307 g/mol. The van der Waals surface area contributed by atoms with Gasteiger partial charge in [0, 0.05) is 6.04 Å². The third-order valence-electron chi connectivity index (χ3n) is 6.49. The summed E-state index contributed by atoms with van der Waals surface area (Å²) in [5.41, 5.74) is 0. The average molecular weight is 307 g/mol. The van der Waals surface area contributed by atoms with Gasteiger partial charge >= 0.3 is 5.97 Å². The highest BCUT2D eigenvalue weighted by Gasteiger charge is 2.50. The van der Waals surface area contributed by atoms with Crippen LogP contribution in [0.1, 0.15) is 51.4 Å². The van der Waals surface area contributed by atoms with Gasteiger partial charge in [-0.25, -0.2) is 0 Å². The van der Waals surface area contributed by atoms with Crippen LogP contribution in [0.2, 0.25) is 0 Å². The van der Waals surface area contributed by atoms with Crippen LogP contribution in [0.5, 0.6) is 0 Å². The summed E-state index contributed by atoms with van der Waals surface area (Å²) in [6.07, 6.45) is 8.18. The van der Waals surface area contributed by atoms with E-state index in [1.165, 1.54) is 19.3 Å². The van der Waals surface area contributed by atoms with Crippen LogP contribution < -0.4 is 5.32 Å². The second kappa shape index (κ2) is 5.52. The van der Waals surface area contributed by atoms with Gasteiger partial charge in [-0.3, -0.25) is 9.59 Å². The lowest BCUT2D eigenvalue weighted by atomic mass is 9.85. The van der Waals surface area contributed by atoms with Gasteiger partial charge in [0.1, 0.15) is 6.10 Å². The molecule has 1 heterocycles. The maximum absolute atomic E-state index is 12.5. The van der Waals surface area contributed by atoms with Gasteiger partial charge in [0.05, 0.1) is 12.0 Å². The highest BCUT2D eigenvalue weighted by atomic mass is 16.5. The van der Waals surface area contributed by atoms with E-state index in [1.54, 1.807) is 0 Å². The molecule has 2 bridgehead atoms. The molecule has 0 aromatic carbocycles. The fourth-order valence-corrected chi connectivity index (χ4v) is 5.36. The summed E-state index contributed by atoms with van der Waals surface area (Å²) in [5, 5.41) is 12.4. The van der Waals surface area contributed by atoms with Crippen molar-refractivity contribution >= 4 is 11.9 Å². The average Bonchev–Trinajstić information content (AvgIpc) is 3.19. The molecule has 1 unspecified atom stereocenters. The van der Waals surface area contributed by atoms with Crippen LogP contribution in [0, 0.1) is 23.7 Å². The fourth-order valence-electron chi connectivity index (χ4n) is 5.36. The SMILES string of the molecule is O=C(N[C@@H]1C[C@H]2C[C@@H]1C[C@H]2C(=O)O)C1C[C@@H]2CCCC[C@H]2O1. The third-order valence-corrected chi connectivity index (χ3v) is 6.49. The molecule has 22 heavy (non-hydrogen) atoms. The molecule has 5 heteroatoms. The summed E-state index contributed by atoms with van der Waals surface area (Å²) < 4.78 is 5.97. The van der Waals surface area contributed by atoms with E-state index in [2.05, 4.69) is 5.32 Å². The smallest absolute Gasteiger partial charge is 0.306 e. The normalized spacial score (nSPS) is 46.5. The van der Waals surface area contributed by atoms with Crippen LogP contribution in [0.25, 0.3) is 0 Å². The second-order valence-electron chi connectivity index (χ2n) is 7.73. The minimum Gasteiger partial charge on any atom is -0.481 e. The molecule has 3 aliphatic carbocycles. The van der Waals surface area contributed by atoms with Crippen LogP contribution in [0.3, 0.4) is 0 Å². The molecule has 5 nitrogen and oxygen atoms in total. The Kier molecular flexibility index (Phi) is 3.63. The number of ether oxygens (including phenoxy) is 1.